The number of nitrogen functional groups attached to an aromatic ring is 1. The Morgan fingerprint density at radius 2 is 2.15 bits per heavy atom. The topological polar surface area (TPSA) is 65.4 Å². The molecule has 6 heteroatoms. The summed E-state index contributed by atoms with van der Waals surface area (Å²) in [6.07, 6.45) is 1.95. The van der Waals surface area contributed by atoms with E-state index in [9.17, 15) is 0 Å². The lowest BCUT2D eigenvalue weighted by Gasteiger charge is -2.08. The zero-order valence-electron chi connectivity index (χ0n) is 11.0. The summed E-state index contributed by atoms with van der Waals surface area (Å²) in [5, 5.41) is 9.17. The standard InChI is InChI=1S/C14H14N4OS/c1-19-12-6-5-11(15)8-10(12)9-20-14-17-16-13-4-2-3-7-18(13)14/h2-8H,9,15H2,1H3. The zero-order chi connectivity index (χ0) is 13.9. The van der Waals surface area contributed by atoms with E-state index in [-0.39, 0.29) is 0 Å². The molecule has 0 aliphatic carbocycles. The van der Waals surface area contributed by atoms with Gasteiger partial charge < -0.3 is 10.5 Å². The molecule has 3 rings (SSSR count). The SMILES string of the molecule is COc1ccc(N)cc1CSc1nnc2ccccn12. The molecule has 2 aromatic heterocycles. The van der Waals surface area contributed by atoms with Gasteiger partial charge >= 0.3 is 0 Å². The number of rotatable bonds is 4. The van der Waals surface area contributed by atoms with E-state index >= 15 is 0 Å². The number of pyridine rings is 1. The lowest BCUT2D eigenvalue weighted by molar-refractivity contribution is 0.411. The first-order valence-corrected chi connectivity index (χ1v) is 7.11. The normalized spacial score (nSPS) is 10.8. The maximum absolute atomic E-state index is 5.82. The van der Waals surface area contributed by atoms with Gasteiger partial charge in [0.1, 0.15) is 5.75 Å². The predicted molar refractivity (Wildman–Crippen MR) is 80.0 cm³/mol. The molecule has 0 atom stereocenters. The second-order valence-corrected chi connectivity index (χ2v) is 5.21. The highest BCUT2D eigenvalue weighted by atomic mass is 32.2. The molecular weight excluding hydrogens is 272 g/mol. The lowest BCUT2D eigenvalue weighted by Crippen LogP contribution is -1.94. The van der Waals surface area contributed by atoms with Crippen LogP contribution in [0.3, 0.4) is 0 Å². The van der Waals surface area contributed by atoms with Crippen LogP contribution in [0.5, 0.6) is 5.75 Å². The fraction of sp³-hybridized carbons (Fsp3) is 0.143. The summed E-state index contributed by atoms with van der Waals surface area (Å²) >= 11 is 1.60. The predicted octanol–water partition coefficient (Wildman–Crippen LogP) is 2.61. The first kappa shape index (κ1) is 12.8. The molecule has 0 bridgehead atoms. The van der Waals surface area contributed by atoms with Crippen LogP contribution in [0.2, 0.25) is 0 Å². The van der Waals surface area contributed by atoms with Crippen molar-refractivity contribution in [2.24, 2.45) is 0 Å². The quantitative estimate of drug-likeness (QED) is 0.590. The molecule has 102 valence electrons. The lowest BCUT2D eigenvalue weighted by atomic mass is 10.2. The molecule has 5 nitrogen and oxygen atoms in total. The van der Waals surface area contributed by atoms with Crippen LogP contribution in [0.4, 0.5) is 5.69 Å². The van der Waals surface area contributed by atoms with E-state index < -0.39 is 0 Å². The van der Waals surface area contributed by atoms with Crippen LogP contribution in [0, 0.1) is 0 Å². The molecule has 1 aromatic carbocycles. The van der Waals surface area contributed by atoms with Gasteiger partial charge in [-0.25, -0.2) is 0 Å². The third kappa shape index (κ3) is 2.42. The van der Waals surface area contributed by atoms with Crippen LogP contribution in [0.15, 0.2) is 47.8 Å². The Balaban J connectivity index is 1.84. The van der Waals surface area contributed by atoms with Gasteiger partial charge in [0.25, 0.3) is 0 Å². The minimum Gasteiger partial charge on any atom is -0.496 e. The van der Waals surface area contributed by atoms with Crippen molar-refractivity contribution in [3.63, 3.8) is 0 Å². The highest BCUT2D eigenvalue weighted by Crippen LogP contribution is 2.28. The highest BCUT2D eigenvalue weighted by molar-refractivity contribution is 7.98. The van der Waals surface area contributed by atoms with Crippen LogP contribution in [0.25, 0.3) is 5.65 Å². The number of hydrogen-bond acceptors (Lipinski definition) is 5. The van der Waals surface area contributed by atoms with Gasteiger partial charge in [0.2, 0.25) is 0 Å². The molecule has 20 heavy (non-hydrogen) atoms. The van der Waals surface area contributed by atoms with Crippen molar-refractivity contribution in [3.05, 3.63) is 48.2 Å². The summed E-state index contributed by atoms with van der Waals surface area (Å²) in [6.45, 7) is 0. The second-order valence-electron chi connectivity index (χ2n) is 4.27. The molecule has 0 saturated heterocycles. The summed E-state index contributed by atoms with van der Waals surface area (Å²) in [5.74, 6) is 1.56. The van der Waals surface area contributed by atoms with Crippen molar-refractivity contribution >= 4 is 23.1 Å². The maximum atomic E-state index is 5.82. The van der Waals surface area contributed by atoms with Crippen LogP contribution in [0.1, 0.15) is 5.56 Å². The molecule has 0 spiro atoms. The second kappa shape index (κ2) is 5.42. The van der Waals surface area contributed by atoms with E-state index in [1.807, 2.05) is 47.0 Å². The molecule has 0 amide bonds. The van der Waals surface area contributed by atoms with E-state index in [4.69, 9.17) is 10.5 Å². The fourth-order valence-corrected chi connectivity index (χ4v) is 2.87. The molecule has 0 aliphatic heterocycles. The average molecular weight is 286 g/mol. The smallest absolute Gasteiger partial charge is 0.195 e. The molecule has 0 aliphatic rings. The minimum absolute atomic E-state index is 0.726. The van der Waals surface area contributed by atoms with Crippen molar-refractivity contribution < 1.29 is 4.74 Å². The fourth-order valence-electron chi connectivity index (χ4n) is 1.97. The Morgan fingerprint density at radius 3 is 3.00 bits per heavy atom. The minimum atomic E-state index is 0.726. The Labute approximate surface area is 120 Å². The maximum Gasteiger partial charge on any atom is 0.195 e. The van der Waals surface area contributed by atoms with E-state index in [1.165, 1.54) is 0 Å². The monoisotopic (exact) mass is 286 g/mol. The number of fused-ring (bicyclic) bond motifs is 1. The van der Waals surface area contributed by atoms with Crippen LogP contribution >= 0.6 is 11.8 Å². The van der Waals surface area contributed by atoms with Gasteiger partial charge in [-0.3, -0.25) is 4.40 Å². The molecule has 3 aromatic rings. The number of anilines is 1. The molecule has 0 unspecified atom stereocenters. The first-order valence-electron chi connectivity index (χ1n) is 6.13. The Bertz CT molecular complexity index is 741. The molecule has 2 heterocycles. The van der Waals surface area contributed by atoms with Gasteiger partial charge in [0.05, 0.1) is 7.11 Å². The summed E-state index contributed by atoms with van der Waals surface area (Å²) in [5.41, 5.74) is 8.44. The number of nitrogens with two attached hydrogens (primary N) is 1. The highest BCUT2D eigenvalue weighted by Gasteiger charge is 2.08. The summed E-state index contributed by atoms with van der Waals surface area (Å²) < 4.78 is 7.31. The van der Waals surface area contributed by atoms with Crippen LogP contribution in [-0.4, -0.2) is 21.7 Å². The van der Waals surface area contributed by atoms with Gasteiger partial charge in [0.15, 0.2) is 10.8 Å². The molecule has 0 radical (unpaired) electrons. The van der Waals surface area contributed by atoms with E-state index in [0.717, 1.165) is 33.6 Å². The molecule has 0 fully saturated rings. The average Bonchev–Trinajstić information content (AvgIpc) is 2.88. The summed E-state index contributed by atoms with van der Waals surface area (Å²) in [4.78, 5) is 0. The Morgan fingerprint density at radius 1 is 1.25 bits per heavy atom. The number of thioether (sulfide) groups is 1. The van der Waals surface area contributed by atoms with E-state index in [0.29, 0.717) is 0 Å². The van der Waals surface area contributed by atoms with Crippen LogP contribution < -0.4 is 10.5 Å². The molecule has 2 N–H and O–H groups in total. The Hall–Kier alpha value is -2.21. The number of aromatic nitrogens is 3. The largest absolute Gasteiger partial charge is 0.496 e. The van der Waals surface area contributed by atoms with Crippen LogP contribution in [-0.2, 0) is 5.75 Å². The number of ether oxygens (including phenoxy) is 1. The van der Waals surface area contributed by atoms with Gasteiger partial charge in [-0.2, -0.15) is 0 Å². The van der Waals surface area contributed by atoms with Gasteiger partial charge in [-0.1, -0.05) is 17.8 Å². The summed E-state index contributed by atoms with van der Waals surface area (Å²) in [7, 11) is 1.66. The van der Waals surface area contributed by atoms with Crippen molar-refractivity contribution in [2.45, 2.75) is 10.9 Å². The number of benzene rings is 1. The van der Waals surface area contributed by atoms with E-state index in [2.05, 4.69) is 10.2 Å². The van der Waals surface area contributed by atoms with E-state index in [1.54, 1.807) is 18.9 Å². The zero-order valence-corrected chi connectivity index (χ0v) is 11.8. The molecular formula is C14H14N4OS. The molecule has 0 saturated carbocycles. The number of methoxy groups -OCH3 is 1. The number of hydrogen-bond donors (Lipinski definition) is 1. The third-order valence-electron chi connectivity index (χ3n) is 2.94. The van der Waals surface area contributed by atoms with Gasteiger partial charge in [-0.05, 0) is 30.3 Å². The van der Waals surface area contributed by atoms with Crippen molar-refractivity contribution in [1.82, 2.24) is 14.6 Å². The Kier molecular flexibility index (Phi) is 3.47. The van der Waals surface area contributed by atoms with Crippen molar-refractivity contribution in [1.29, 1.82) is 0 Å². The van der Waals surface area contributed by atoms with Gasteiger partial charge in [0, 0.05) is 23.2 Å². The van der Waals surface area contributed by atoms with Gasteiger partial charge in [-0.15, -0.1) is 10.2 Å². The number of nitrogens with zero attached hydrogens (tertiary/aromatic N) is 3. The summed E-state index contributed by atoms with van der Waals surface area (Å²) in [6, 6.07) is 11.5. The van der Waals surface area contributed by atoms with Crippen molar-refractivity contribution in [3.8, 4) is 5.75 Å². The third-order valence-corrected chi connectivity index (χ3v) is 3.94. The van der Waals surface area contributed by atoms with Crippen molar-refractivity contribution in [2.75, 3.05) is 12.8 Å². The first-order chi connectivity index (χ1) is 9.78.